The van der Waals surface area contributed by atoms with Crippen LogP contribution in [0, 0.1) is 24.5 Å². The van der Waals surface area contributed by atoms with E-state index in [2.05, 4.69) is 10.2 Å². The lowest BCUT2D eigenvalue weighted by Gasteiger charge is -2.26. The van der Waals surface area contributed by atoms with E-state index in [0.717, 1.165) is 37.1 Å². The number of nitrogens with one attached hydrogen (secondary N) is 1. The number of fused-ring (bicyclic) bond motifs is 1. The maximum Gasteiger partial charge on any atom is 0.226 e. The average Bonchev–Trinajstić information content (AvgIpc) is 3.30. The minimum Gasteiger partial charge on any atom is -0.494 e. The second-order valence-electron chi connectivity index (χ2n) is 7.50. The molecule has 0 saturated carbocycles. The summed E-state index contributed by atoms with van der Waals surface area (Å²) in [7, 11) is 1.32. The summed E-state index contributed by atoms with van der Waals surface area (Å²) in [5.41, 5.74) is 3.96. The van der Waals surface area contributed by atoms with E-state index >= 15 is 0 Å². The Kier molecular flexibility index (Phi) is 4.61. The van der Waals surface area contributed by atoms with Crippen molar-refractivity contribution in [2.24, 2.45) is 5.92 Å². The van der Waals surface area contributed by atoms with Crippen molar-refractivity contribution in [1.29, 1.82) is 0 Å². The Labute approximate surface area is 156 Å². The molecule has 4 rings (SSSR count). The lowest BCUT2D eigenvalue weighted by Crippen LogP contribution is -2.37. The Bertz CT molecular complexity index is 880. The van der Waals surface area contributed by atoms with Crippen LogP contribution >= 0.6 is 0 Å². The zero-order valence-electron chi connectivity index (χ0n) is 15.5. The Morgan fingerprint density at radius 3 is 2.93 bits per heavy atom. The van der Waals surface area contributed by atoms with Gasteiger partial charge in [0.25, 0.3) is 0 Å². The molecule has 2 atom stereocenters. The number of nitrogens with zero attached hydrogens (tertiary/aromatic N) is 2. The quantitative estimate of drug-likeness (QED) is 0.897. The van der Waals surface area contributed by atoms with Gasteiger partial charge in [0, 0.05) is 30.6 Å². The summed E-state index contributed by atoms with van der Waals surface area (Å²) in [5.74, 6) is -1.87. The number of methoxy groups -OCH3 is 1. The molecule has 2 aliphatic rings. The summed E-state index contributed by atoms with van der Waals surface area (Å²) < 4.78 is 32.4. The molecule has 1 aromatic heterocycles. The van der Waals surface area contributed by atoms with Gasteiger partial charge in [0.2, 0.25) is 11.7 Å². The Hall–Kier alpha value is -2.44. The first-order valence-electron chi connectivity index (χ1n) is 9.32. The van der Waals surface area contributed by atoms with Crippen LogP contribution in [0.1, 0.15) is 41.3 Å². The second kappa shape index (κ2) is 6.94. The summed E-state index contributed by atoms with van der Waals surface area (Å²) in [6.07, 6.45) is 3.07. The number of H-pyrrole nitrogens is 1. The van der Waals surface area contributed by atoms with Crippen LogP contribution in [0.3, 0.4) is 0 Å². The van der Waals surface area contributed by atoms with Crippen molar-refractivity contribution in [3.63, 3.8) is 0 Å². The van der Waals surface area contributed by atoms with Crippen LogP contribution < -0.4 is 4.74 Å². The Morgan fingerprint density at radius 1 is 1.33 bits per heavy atom. The van der Waals surface area contributed by atoms with Crippen molar-refractivity contribution in [2.45, 2.75) is 38.5 Å². The van der Waals surface area contributed by atoms with Crippen molar-refractivity contribution in [2.75, 3.05) is 20.2 Å². The van der Waals surface area contributed by atoms with Crippen LogP contribution in [0.2, 0.25) is 0 Å². The fourth-order valence-corrected chi connectivity index (χ4v) is 4.31. The van der Waals surface area contributed by atoms with E-state index in [9.17, 15) is 13.6 Å². The molecule has 1 amide bonds. The van der Waals surface area contributed by atoms with Gasteiger partial charge in [-0.2, -0.15) is 9.49 Å². The number of ether oxygens (including phenoxy) is 1. The molecule has 5 nitrogen and oxygen atoms in total. The number of carbonyl (C=O) groups excluding carboxylic acids is 1. The number of aromatic amines is 1. The first kappa shape index (κ1) is 17.9. The number of benzene rings is 1. The third-order valence-corrected chi connectivity index (χ3v) is 5.90. The van der Waals surface area contributed by atoms with Gasteiger partial charge in [-0.15, -0.1) is 0 Å². The van der Waals surface area contributed by atoms with E-state index in [1.54, 1.807) is 6.07 Å². The van der Waals surface area contributed by atoms with Crippen LogP contribution in [0.15, 0.2) is 12.1 Å². The number of aromatic nitrogens is 2. The van der Waals surface area contributed by atoms with Crippen molar-refractivity contribution < 1.29 is 18.3 Å². The van der Waals surface area contributed by atoms with Gasteiger partial charge in [0.15, 0.2) is 11.6 Å². The van der Waals surface area contributed by atoms with E-state index in [1.807, 2.05) is 11.8 Å². The summed E-state index contributed by atoms with van der Waals surface area (Å²) in [4.78, 5) is 14.9. The topological polar surface area (TPSA) is 58.2 Å². The van der Waals surface area contributed by atoms with Gasteiger partial charge in [-0.3, -0.25) is 9.89 Å². The smallest absolute Gasteiger partial charge is 0.226 e. The van der Waals surface area contributed by atoms with E-state index in [-0.39, 0.29) is 23.5 Å². The van der Waals surface area contributed by atoms with Gasteiger partial charge in [-0.1, -0.05) is 0 Å². The maximum atomic E-state index is 13.8. The van der Waals surface area contributed by atoms with Gasteiger partial charge in [-0.25, -0.2) is 4.39 Å². The molecule has 1 aromatic carbocycles. The fourth-order valence-electron chi connectivity index (χ4n) is 4.31. The molecule has 0 spiro atoms. The van der Waals surface area contributed by atoms with Gasteiger partial charge >= 0.3 is 0 Å². The van der Waals surface area contributed by atoms with E-state index in [4.69, 9.17) is 4.74 Å². The molecule has 1 aliphatic carbocycles. The maximum absolute atomic E-state index is 13.8. The van der Waals surface area contributed by atoms with Crippen LogP contribution in [0.5, 0.6) is 5.75 Å². The molecule has 0 radical (unpaired) electrons. The largest absolute Gasteiger partial charge is 0.494 e. The van der Waals surface area contributed by atoms with E-state index in [0.29, 0.717) is 18.7 Å². The molecule has 2 heterocycles. The first-order chi connectivity index (χ1) is 13.0. The number of likely N-dealkylation sites (tertiary alicyclic amines) is 1. The third-order valence-electron chi connectivity index (χ3n) is 5.90. The number of hydrogen-bond donors (Lipinski definition) is 1. The van der Waals surface area contributed by atoms with Crippen LogP contribution in [-0.4, -0.2) is 41.2 Å². The summed E-state index contributed by atoms with van der Waals surface area (Å²) in [6.45, 7) is 3.15. The summed E-state index contributed by atoms with van der Waals surface area (Å²) in [6, 6.07) is 2.76. The second-order valence-corrected chi connectivity index (χ2v) is 7.50. The lowest BCUT2D eigenvalue weighted by molar-refractivity contribution is -0.134. The predicted molar refractivity (Wildman–Crippen MR) is 95.7 cm³/mol. The average molecular weight is 375 g/mol. The minimum atomic E-state index is -0.972. The molecule has 0 bridgehead atoms. The van der Waals surface area contributed by atoms with E-state index < -0.39 is 11.6 Å². The van der Waals surface area contributed by atoms with Gasteiger partial charge in [0.1, 0.15) is 0 Å². The van der Waals surface area contributed by atoms with Crippen molar-refractivity contribution in [3.8, 4) is 5.75 Å². The Balaban J connectivity index is 1.46. The number of amides is 1. The van der Waals surface area contributed by atoms with E-state index in [1.165, 1.54) is 18.7 Å². The van der Waals surface area contributed by atoms with Gasteiger partial charge in [-0.05, 0) is 55.9 Å². The van der Waals surface area contributed by atoms with Crippen LogP contribution in [0.25, 0.3) is 0 Å². The highest BCUT2D eigenvalue weighted by Crippen LogP contribution is 2.34. The zero-order valence-corrected chi connectivity index (χ0v) is 15.5. The molecule has 144 valence electrons. The molecule has 1 fully saturated rings. The van der Waals surface area contributed by atoms with Crippen LogP contribution in [0.4, 0.5) is 8.78 Å². The third kappa shape index (κ3) is 3.19. The summed E-state index contributed by atoms with van der Waals surface area (Å²) >= 11 is 0. The molecule has 1 aliphatic heterocycles. The number of rotatable bonds is 3. The molecular weight excluding hydrogens is 352 g/mol. The monoisotopic (exact) mass is 375 g/mol. The number of halogens is 2. The highest BCUT2D eigenvalue weighted by atomic mass is 19.2. The van der Waals surface area contributed by atoms with Gasteiger partial charge < -0.3 is 9.64 Å². The standard InChI is InChI=1S/C20H23F2N3O2/c1-11-15-7-12(3-4-17(15)24-23-11)20(26)25-6-5-13(10-25)14-8-16(21)19(22)18(9-14)27-2/h8-9,12-13H,3-7,10H2,1-2H3,(H,23,24). The highest BCUT2D eigenvalue weighted by molar-refractivity contribution is 5.80. The van der Waals surface area contributed by atoms with Crippen molar-refractivity contribution >= 4 is 5.91 Å². The number of aryl methyl sites for hydroxylation is 2. The lowest BCUT2D eigenvalue weighted by atomic mass is 9.85. The van der Waals surface area contributed by atoms with Gasteiger partial charge in [0.05, 0.1) is 12.8 Å². The van der Waals surface area contributed by atoms with Crippen molar-refractivity contribution in [1.82, 2.24) is 15.1 Å². The zero-order chi connectivity index (χ0) is 19.1. The van der Waals surface area contributed by atoms with Crippen molar-refractivity contribution in [3.05, 3.63) is 46.3 Å². The SMILES string of the molecule is COc1cc(C2CCN(C(=O)C3CCc4n[nH]c(C)c4C3)C2)cc(F)c1F. The number of carbonyl (C=O) groups is 1. The fraction of sp³-hybridized carbons (Fsp3) is 0.500. The number of hydrogen-bond acceptors (Lipinski definition) is 3. The molecule has 2 unspecified atom stereocenters. The molecular formula is C20H23F2N3O2. The Morgan fingerprint density at radius 2 is 2.15 bits per heavy atom. The predicted octanol–water partition coefficient (Wildman–Crippen LogP) is 3.13. The highest BCUT2D eigenvalue weighted by Gasteiger charge is 2.34. The normalized spacial score (nSPS) is 22.0. The minimum absolute atomic E-state index is 0.00670. The molecule has 1 saturated heterocycles. The molecule has 2 aromatic rings. The molecule has 7 heteroatoms. The first-order valence-corrected chi connectivity index (χ1v) is 9.32. The van der Waals surface area contributed by atoms with Crippen LogP contribution in [-0.2, 0) is 17.6 Å². The molecule has 1 N–H and O–H groups in total. The molecule has 27 heavy (non-hydrogen) atoms. The summed E-state index contributed by atoms with van der Waals surface area (Å²) in [5, 5.41) is 7.31.